The molecule has 0 fully saturated rings. The highest BCUT2D eigenvalue weighted by Gasteiger charge is 2.15. The second-order valence-electron chi connectivity index (χ2n) is 5.36. The molecule has 0 bridgehead atoms. The predicted molar refractivity (Wildman–Crippen MR) is 81.0 cm³/mol. The van der Waals surface area contributed by atoms with Gasteiger partial charge in [0.25, 0.3) is 0 Å². The van der Waals surface area contributed by atoms with E-state index >= 15 is 0 Å². The zero-order chi connectivity index (χ0) is 13.7. The van der Waals surface area contributed by atoms with Crippen LogP contribution in [0.5, 0.6) is 0 Å². The van der Waals surface area contributed by atoms with Crippen molar-refractivity contribution in [3.8, 4) is 0 Å². The number of hydrogen-bond donors (Lipinski definition) is 0. The van der Waals surface area contributed by atoms with Crippen LogP contribution >= 0.6 is 15.9 Å². The van der Waals surface area contributed by atoms with Crippen LogP contribution in [-0.4, -0.2) is 22.6 Å². The molecule has 0 N–H and O–H groups in total. The third-order valence-electron chi connectivity index (χ3n) is 2.68. The Labute approximate surface area is 119 Å². The molecule has 3 nitrogen and oxygen atoms in total. The summed E-state index contributed by atoms with van der Waals surface area (Å²) in [6, 6.07) is 2.46. The fourth-order valence-electron chi connectivity index (χ4n) is 1.90. The largest absolute Gasteiger partial charge is 0.354 e. The standard InChI is InChI=1S/C14H24BrN3/c1-6-7-13-16-12(15)8-14(17-13)18(11(4)5)9-10(2)3/h8,10-11H,6-7,9H2,1-5H3. The zero-order valence-electron chi connectivity index (χ0n) is 12.1. The van der Waals surface area contributed by atoms with Crippen LogP contribution < -0.4 is 4.90 Å². The molecule has 0 saturated carbocycles. The van der Waals surface area contributed by atoms with Crippen molar-refractivity contribution in [3.63, 3.8) is 0 Å². The molecule has 0 saturated heterocycles. The predicted octanol–water partition coefficient (Wildman–Crippen LogP) is 4.06. The molecular weight excluding hydrogens is 290 g/mol. The lowest BCUT2D eigenvalue weighted by atomic mass is 10.2. The van der Waals surface area contributed by atoms with Gasteiger partial charge in [0.15, 0.2) is 0 Å². The zero-order valence-corrected chi connectivity index (χ0v) is 13.7. The molecule has 1 aromatic rings. The summed E-state index contributed by atoms with van der Waals surface area (Å²) in [7, 11) is 0. The SMILES string of the molecule is CCCc1nc(Br)cc(N(CC(C)C)C(C)C)n1. The van der Waals surface area contributed by atoms with Gasteiger partial charge in [-0.2, -0.15) is 0 Å². The molecule has 0 unspecified atom stereocenters. The van der Waals surface area contributed by atoms with Gasteiger partial charge in [0, 0.05) is 25.1 Å². The number of aryl methyl sites for hydroxylation is 1. The summed E-state index contributed by atoms with van der Waals surface area (Å²) < 4.78 is 0.880. The minimum Gasteiger partial charge on any atom is -0.354 e. The van der Waals surface area contributed by atoms with Crippen LogP contribution in [0.2, 0.25) is 0 Å². The van der Waals surface area contributed by atoms with Gasteiger partial charge in [0.2, 0.25) is 0 Å². The quantitative estimate of drug-likeness (QED) is 0.741. The van der Waals surface area contributed by atoms with Crippen molar-refractivity contribution in [2.75, 3.05) is 11.4 Å². The first-order valence-corrected chi connectivity index (χ1v) is 7.53. The number of nitrogens with zero attached hydrogens (tertiary/aromatic N) is 3. The van der Waals surface area contributed by atoms with Crippen molar-refractivity contribution in [2.45, 2.75) is 53.5 Å². The van der Waals surface area contributed by atoms with Crippen LogP contribution in [0.3, 0.4) is 0 Å². The van der Waals surface area contributed by atoms with Crippen molar-refractivity contribution < 1.29 is 0 Å². The summed E-state index contributed by atoms with van der Waals surface area (Å²) in [6.07, 6.45) is 2.00. The van der Waals surface area contributed by atoms with Crippen molar-refractivity contribution >= 4 is 21.7 Å². The molecule has 102 valence electrons. The Hall–Kier alpha value is -0.640. The van der Waals surface area contributed by atoms with Gasteiger partial charge in [0.05, 0.1) is 0 Å². The van der Waals surface area contributed by atoms with Gasteiger partial charge in [-0.05, 0) is 42.1 Å². The van der Waals surface area contributed by atoms with Gasteiger partial charge in [-0.3, -0.25) is 0 Å². The molecule has 1 aromatic heterocycles. The fraction of sp³-hybridized carbons (Fsp3) is 0.714. The number of hydrogen-bond acceptors (Lipinski definition) is 3. The molecule has 1 rings (SSSR count). The monoisotopic (exact) mass is 313 g/mol. The second kappa shape index (κ2) is 7.07. The third kappa shape index (κ3) is 4.56. The topological polar surface area (TPSA) is 29.0 Å². The van der Waals surface area contributed by atoms with Crippen molar-refractivity contribution in [2.24, 2.45) is 5.92 Å². The summed E-state index contributed by atoms with van der Waals surface area (Å²) in [5.41, 5.74) is 0. The van der Waals surface area contributed by atoms with Crippen LogP contribution in [0.15, 0.2) is 10.7 Å². The number of rotatable bonds is 6. The highest BCUT2D eigenvalue weighted by atomic mass is 79.9. The Bertz CT molecular complexity index is 377. The maximum atomic E-state index is 4.68. The average molecular weight is 314 g/mol. The Morgan fingerprint density at radius 1 is 1.22 bits per heavy atom. The second-order valence-corrected chi connectivity index (χ2v) is 6.17. The minimum atomic E-state index is 0.448. The highest BCUT2D eigenvalue weighted by molar-refractivity contribution is 9.10. The first-order chi connectivity index (χ1) is 8.43. The van der Waals surface area contributed by atoms with Crippen LogP contribution in [0.25, 0.3) is 0 Å². The van der Waals surface area contributed by atoms with E-state index < -0.39 is 0 Å². The Balaban J connectivity index is 3.03. The minimum absolute atomic E-state index is 0.448. The highest BCUT2D eigenvalue weighted by Crippen LogP contribution is 2.20. The van der Waals surface area contributed by atoms with Gasteiger partial charge < -0.3 is 4.90 Å². The molecule has 0 spiro atoms. The average Bonchev–Trinajstić information content (AvgIpc) is 2.24. The van der Waals surface area contributed by atoms with Crippen LogP contribution in [0.1, 0.15) is 46.9 Å². The van der Waals surface area contributed by atoms with E-state index in [0.29, 0.717) is 12.0 Å². The van der Waals surface area contributed by atoms with Gasteiger partial charge in [-0.1, -0.05) is 20.8 Å². The van der Waals surface area contributed by atoms with Crippen LogP contribution in [0.4, 0.5) is 5.82 Å². The Kier molecular flexibility index (Phi) is 6.06. The molecule has 0 aromatic carbocycles. The molecule has 1 heterocycles. The van der Waals surface area contributed by atoms with E-state index in [0.717, 1.165) is 35.6 Å². The molecule has 0 aliphatic heterocycles. The summed E-state index contributed by atoms with van der Waals surface area (Å²) >= 11 is 3.49. The molecule has 0 radical (unpaired) electrons. The molecule has 0 aliphatic carbocycles. The summed E-state index contributed by atoms with van der Waals surface area (Å²) in [4.78, 5) is 11.4. The van der Waals surface area contributed by atoms with E-state index in [9.17, 15) is 0 Å². The molecule has 0 atom stereocenters. The molecule has 0 amide bonds. The normalized spacial score (nSPS) is 11.3. The Morgan fingerprint density at radius 2 is 1.89 bits per heavy atom. The maximum Gasteiger partial charge on any atom is 0.133 e. The van der Waals surface area contributed by atoms with Gasteiger partial charge in [0.1, 0.15) is 16.2 Å². The maximum absolute atomic E-state index is 4.68. The van der Waals surface area contributed by atoms with E-state index in [1.807, 2.05) is 6.07 Å². The molecule has 0 aliphatic rings. The number of aromatic nitrogens is 2. The van der Waals surface area contributed by atoms with E-state index in [2.05, 4.69) is 65.4 Å². The van der Waals surface area contributed by atoms with Gasteiger partial charge in [-0.15, -0.1) is 0 Å². The smallest absolute Gasteiger partial charge is 0.133 e. The van der Waals surface area contributed by atoms with Gasteiger partial charge in [-0.25, -0.2) is 9.97 Å². The van der Waals surface area contributed by atoms with Crippen molar-refractivity contribution in [1.29, 1.82) is 0 Å². The van der Waals surface area contributed by atoms with Crippen LogP contribution in [-0.2, 0) is 6.42 Å². The van der Waals surface area contributed by atoms with E-state index in [1.165, 1.54) is 0 Å². The van der Waals surface area contributed by atoms with Crippen molar-refractivity contribution in [1.82, 2.24) is 9.97 Å². The summed E-state index contributed by atoms with van der Waals surface area (Å²) in [6.45, 7) is 12.1. The third-order valence-corrected chi connectivity index (χ3v) is 3.09. The van der Waals surface area contributed by atoms with Crippen LogP contribution in [0, 0.1) is 5.92 Å². The number of halogens is 1. The summed E-state index contributed by atoms with van der Waals surface area (Å²) in [5.74, 6) is 2.58. The molecule has 18 heavy (non-hydrogen) atoms. The van der Waals surface area contributed by atoms with E-state index in [4.69, 9.17) is 0 Å². The van der Waals surface area contributed by atoms with E-state index in [-0.39, 0.29) is 0 Å². The summed E-state index contributed by atoms with van der Waals surface area (Å²) in [5, 5.41) is 0. The van der Waals surface area contributed by atoms with Crippen molar-refractivity contribution in [3.05, 3.63) is 16.5 Å². The fourth-order valence-corrected chi connectivity index (χ4v) is 2.31. The lowest BCUT2D eigenvalue weighted by Gasteiger charge is -2.29. The Morgan fingerprint density at radius 3 is 2.39 bits per heavy atom. The first-order valence-electron chi connectivity index (χ1n) is 6.74. The van der Waals surface area contributed by atoms with Gasteiger partial charge >= 0.3 is 0 Å². The van der Waals surface area contributed by atoms with E-state index in [1.54, 1.807) is 0 Å². The lowest BCUT2D eigenvalue weighted by molar-refractivity contribution is 0.564. The molecular formula is C14H24BrN3. The molecule has 4 heteroatoms. The lowest BCUT2D eigenvalue weighted by Crippen LogP contribution is -2.35. The first kappa shape index (κ1) is 15.4. The number of anilines is 1.